The van der Waals surface area contributed by atoms with Crippen LogP contribution < -0.4 is 24.8 Å². The average Bonchev–Trinajstić information content (AvgIpc) is 3.04. The van der Waals surface area contributed by atoms with E-state index in [2.05, 4.69) is 81.4 Å². The topological polar surface area (TPSA) is 0 Å². The third-order valence-corrected chi connectivity index (χ3v) is 18.3. The zero-order valence-electron chi connectivity index (χ0n) is 19.5. The molecule has 2 unspecified atom stereocenters. The van der Waals surface area contributed by atoms with E-state index in [0.717, 1.165) is 0 Å². The van der Waals surface area contributed by atoms with E-state index in [9.17, 15) is 0 Å². The van der Waals surface area contributed by atoms with Gasteiger partial charge in [0, 0.05) is 0 Å². The van der Waals surface area contributed by atoms with Crippen LogP contribution in [0, 0.1) is 22.7 Å². The van der Waals surface area contributed by atoms with Gasteiger partial charge in [-0.25, -0.2) is 0 Å². The summed E-state index contributed by atoms with van der Waals surface area (Å²) in [6, 6.07) is 2.75. The molecule has 1 heterocycles. The van der Waals surface area contributed by atoms with Gasteiger partial charge in [-0.15, -0.1) is 0 Å². The molecule has 0 fully saturated rings. The summed E-state index contributed by atoms with van der Waals surface area (Å²) in [5, 5.41) is 3.88. The molecule has 0 amide bonds. The Morgan fingerprint density at radius 2 is 1.07 bits per heavy atom. The summed E-state index contributed by atoms with van der Waals surface area (Å²) < 4.78 is 3.92. The van der Waals surface area contributed by atoms with Gasteiger partial charge in [-0.3, -0.25) is 0 Å². The molecule has 0 saturated carbocycles. The molecule has 0 aromatic carbocycles. The summed E-state index contributed by atoms with van der Waals surface area (Å²) >= 11 is -0.650. The quantitative estimate of drug-likeness (QED) is 0.487. The van der Waals surface area contributed by atoms with E-state index < -0.39 is 31.3 Å². The van der Waals surface area contributed by atoms with Gasteiger partial charge in [0.1, 0.15) is 0 Å². The van der Waals surface area contributed by atoms with E-state index in [-0.39, 0.29) is 35.6 Å². The van der Waals surface area contributed by atoms with Gasteiger partial charge in [-0.1, -0.05) is 0 Å². The van der Waals surface area contributed by atoms with E-state index in [1.165, 1.54) is 12.1 Å². The predicted molar refractivity (Wildman–Crippen MR) is 114 cm³/mol. The number of allylic oxidation sites excluding steroid dienone is 8. The Labute approximate surface area is 199 Å². The van der Waals surface area contributed by atoms with Gasteiger partial charge in [-0.05, 0) is 0 Å². The molecule has 0 spiro atoms. The molecule has 0 saturated heterocycles. The van der Waals surface area contributed by atoms with Gasteiger partial charge in [0.15, 0.2) is 0 Å². The van der Waals surface area contributed by atoms with Gasteiger partial charge in [0.25, 0.3) is 0 Å². The Hall–Kier alpha value is 0.640. The van der Waals surface area contributed by atoms with Crippen LogP contribution >= 0.6 is 0 Å². The predicted octanol–water partition coefficient (Wildman–Crippen LogP) is 1.41. The fraction of sp³-hybridized carbons (Fsp3) is 0.667. The molecule has 0 N–H and O–H groups in total. The Morgan fingerprint density at radius 3 is 1.32 bits per heavy atom. The van der Waals surface area contributed by atoms with Gasteiger partial charge in [0.2, 0.25) is 0 Å². The minimum atomic E-state index is -1.65. The third kappa shape index (κ3) is 3.94. The maximum absolute atomic E-state index is 2.67. The first-order chi connectivity index (χ1) is 11.9. The van der Waals surface area contributed by atoms with Crippen molar-refractivity contribution in [3.63, 3.8) is 0 Å². The molecule has 156 valence electrons. The van der Waals surface area contributed by atoms with Crippen molar-refractivity contribution in [2.45, 2.75) is 81.3 Å². The van der Waals surface area contributed by atoms with Crippen LogP contribution in [0.1, 0.15) is 69.2 Å². The normalized spacial score (nSPS) is 25.6. The first-order valence-electron chi connectivity index (χ1n) is 10.6. The van der Waals surface area contributed by atoms with Crippen molar-refractivity contribution in [1.82, 2.24) is 0 Å². The Balaban J connectivity index is 0.00000196. The summed E-state index contributed by atoms with van der Waals surface area (Å²) in [5.74, 6) is 1.41. The fourth-order valence-corrected chi connectivity index (χ4v) is 18.8. The number of halogens is 2. The maximum atomic E-state index is 2.67. The smallest absolute Gasteiger partial charge is 1.00 e. The summed E-state index contributed by atoms with van der Waals surface area (Å²) in [6.45, 7) is 24.7. The van der Waals surface area contributed by atoms with E-state index >= 15 is 0 Å². The van der Waals surface area contributed by atoms with E-state index in [0.29, 0.717) is 11.8 Å². The van der Waals surface area contributed by atoms with Crippen molar-refractivity contribution in [3.8, 4) is 0 Å². The molecule has 0 aromatic heterocycles. The summed E-state index contributed by atoms with van der Waals surface area (Å²) in [4.78, 5) is 0. The monoisotopic (exact) mass is 514 g/mol. The van der Waals surface area contributed by atoms with Crippen LogP contribution in [-0.4, -0.2) is 8.07 Å². The molecule has 2 aliphatic carbocycles. The Kier molecular flexibility index (Phi) is 8.23. The van der Waals surface area contributed by atoms with Crippen LogP contribution in [0.3, 0.4) is 0 Å². The molecular weight excluding hydrogens is 478 g/mol. The van der Waals surface area contributed by atoms with Gasteiger partial charge < -0.3 is 24.8 Å². The van der Waals surface area contributed by atoms with Crippen molar-refractivity contribution in [3.05, 3.63) is 40.3 Å². The summed E-state index contributed by atoms with van der Waals surface area (Å²) in [6.07, 6.45) is 5.35. The number of rotatable bonds is 2. The van der Waals surface area contributed by atoms with Crippen LogP contribution in [0.25, 0.3) is 0 Å². The van der Waals surface area contributed by atoms with Crippen LogP contribution in [0.5, 0.6) is 0 Å². The summed E-state index contributed by atoms with van der Waals surface area (Å²) in [5.41, 5.74) is 4.02. The van der Waals surface area contributed by atoms with Crippen molar-refractivity contribution >= 4 is 8.07 Å². The van der Waals surface area contributed by atoms with Crippen molar-refractivity contribution < 1.29 is 48.0 Å². The standard InChI is InChI=1S/C24H38Si.2ClH.Zr/c1-11-25(12-2,21-15-17(3)13-19(21)23(5,6)7)22-16-18(4)14-20(22)24(8,9)10;;;/h13-14,17-18H,11-12H2,1-10H3;2*1H;/q;;;+2/p-2. The second kappa shape index (κ2) is 8.64. The first kappa shape index (κ1) is 26.7. The maximum Gasteiger partial charge on any atom is -1.00 e. The average molecular weight is 517 g/mol. The first-order valence-corrected chi connectivity index (χ1v) is 15.5. The Morgan fingerprint density at radius 1 is 0.750 bits per heavy atom. The van der Waals surface area contributed by atoms with E-state index in [1.807, 2.05) is 17.0 Å². The van der Waals surface area contributed by atoms with Crippen LogP contribution in [-0.2, 0) is 23.2 Å². The van der Waals surface area contributed by atoms with Gasteiger partial charge in [0.05, 0.1) is 0 Å². The van der Waals surface area contributed by atoms with E-state index in [1.54, 1.807) is 11.1 Å². The Bertz CT molecular complexity index is 692. The molecule has 4 heteroatoms. The second-order valence-corrected chi connectivity index (χ2v) is 18.6. The summed E-state index contributed by atoms with van der Waals surface area (Å²) in [7, 11) is -1.65. The van der Waals surface area contributed by atoms with Crippen LogP contribution in [0.4, 0.5) is 0 Å². The fourth-order valence-electron chi connectivity index (χ4n) is 5.44. The molecule has 3 rings (SSSR count). The SMILES string of the molecule is CC[Si]1(CC)C2=[C]([Zr+2][C]3=C1C(C(C)(C)C)=CC3C)C(C)C=C2C(C)(C)C.[Cl-].[Cl-]. The molecule has 0 bridgehead atoms. The molecular formula is C24H38Cl2SiZr. The number of hydrogen-bond acceptors (Lipinski definition) is 0. The van der Waals surface area contributed by atoms with Gasteiger partial charge >= 0.3 is 176 Å². The second-order valence-electron chi connectivity index (χ2n) is 10.7. The minimum Gasteiger partial charge on any atom is -1.00 e. The number of hydrogen-bond donors (Lipinski definition) is 0. The molecule has 28 heavy (non-hydrogen) atoms. The van der Waals surface area contributed by atoms with Crippen molar-refractivity contribution in [1.29, 1.82) is 0 Å². The molecule has 0 nitrogen and oxygen atoms in total. The van der Waals surface area contributed by atoms with Crippen LogP contribution in [0.2, 0.25) is 12.1 Å². The van der Waals surface area contributed by atoms with E-state index in [4.69, 9.17) is 0 Å². The van der Waals surface area contributed by atoms with Crippen molar-refractivity contribution in [2.24, 2.45) is 22.7 Å². The molecule has 1 aliphatic heterocycles. The third-order valence-electron chi connectivity index (χ3n) is 6.87. The zero-order chi connectivity index (χ0) is 19.7. The molecule has 0 radical (unpaired) electrons. The molecule has 2 atom stereocenters. The van der Waals surface area contributed by atoms with Gasteiger partial charge in [-0.2, -0.15) is 0 Å². The minimum absolute atomic E-state index is 0. The van der Waals surface area contributed by atoms with Crippen molar-refractivity contribution in [2.75, 3.05) is 0 Å². The molecule has 3 aliphatic rings. The molecule has 0 aromatic rings. The van der Waals surface area contributed by atoms with Crippen LogP contribution in [0.15, 0.2) is 40.3 Å². The zero-order valence-corrected chi connectivity index (χ0v) is 24.4. The largest absolute Gasteiger partial charge is 1.00 e.